The smallest absolute Gasteiger partial charge is 0.274 e. The van der Waals surface area contributed by atoms with Crippen LogP contribution in [0.25, 0.3) is 61.2 Å². The molecule has 9 aromatic carbocycles. The number of aryl methyl sites for hydroxylation is 3. The van der Waals surface area contributed by atoms with E-state index in [0.717, 1.165) is 172 Å². The number of aliphatic hydroxyl groups excluding tert-OH is 3. The Labute approximate surface area is 827 Å². The van der Waals surface area contributed by atoms with E-state index in [0.29, 0.717) is 151 Å². The second-order valence-electron chi connectivity index (χ2n) is 36.5. The van der Waals surface area contributed by atoms with Gasteiger partial charge >= 0.3 is 0 Å². The second-order valence-corrected chi connectivity index (χ2v) is 36.9. The molecule has 0 spiro atoms. The van der Waals surface area contributed by atoms with Gasteiger partial charge in [0.05, 0.1) is 98.1 Å². The summed E-state index contributed by atoms with van der Waals surface area (Å²) in [6.07, 6.45) is 16.9. The summed E-state index contributed by atoms with van der Waals surface area (Å²) in [5.74, 6) is 0.836. The summed E-state index contributed by atoms with van der Waals surface area (Å²) in [5, 5.41) is 48.2. The number of hydrogen-bond donors (Lipinski definition) is 3. The van der Waals surface area contributed by atoms with Crippen molar-refractivity contribution < 1.29 is 58.3 Å². The number of nitrogens with zero attached hydrogens (tertiary/aromatic N) is 13. The first-order chi connectivity index (χ1) is 68.0. The number of unbranched alkanes of at least 4 members (excludes halogenated alkanes) is 6. The lowest BCUT2D eigenvalue weighted by molar-refractivity contribution is 0.0539. The van der Waals surface area contributed by atoms with Gasteiger partial charge in [-0.25, -0.2) is 14.0 Å². The van der Waals surface area contributed by atoms with Crippen LogP contribution in [0.3, 0.4) is 0 Å². The molecule has 26 heteroatoms. The highest BCUT2D eigenvalue weighted by Gasteiger charge is 2.38. The molecule has 0 bridgehead atoms. The average Bonchev–Trinajstić information content (AvgIpc) is 1.32. The first-order valence-electron chi connectivity index (χ1n) is 49.4. The van der Waals surface area contributed by atoms with Gasteiger partial charge in [0.15, 0.2) is 28.6 Å². The normalized spacial score (nSPS) is 14.2. The maximum Gasteiger partial charge on any atom is 0.274 e. The van der Waals surface area contributed by atoms with Crippen molar-refractivity contribution in [2.24, 2.45) is 0 Å². The molecule has 140 heavy (non-hydrogen) atoms. The van der Waals surface area contributed by atoms with Crippen LogP contribution in [0.1, 0.15) is 232 Å². The Balaban J connectivity index is 0.000000167. The summed E-state index contributed by atoms with van der Waals surface area (Å²) in [7, 11) is 4.75. The van der Waals surface area contributed by atoms with Gasteiger partial charge in [0.1, 0.15) is 5.75 Å². The van der Waals surface area contributed by atoms with Gasteiger partial charge < -0.3 is 58.9 Å². The predicted octanol–water partition coefficient (Wildman–Crippen LogP) is 20.6. The largest absolute Gasteiger partial charge is 0.495 e. The van der Waals surface area contributed by atoms with E-state index in [4.69, 9.17) is 41.1 Å². The molecule has 3 aliphatic heterocycles. The van der Waals surface area contributed by atoms with Gasteiger partial charge in [-0.2, -0.15) is 15.3 Å². The molecule has 0 aliphatic carbocycles. The highest BCUT2D eigenvalue weighted by Crippen LogP contribution is 2.40. The number of aliphatic hydroxyl groups is 3. The number of aromatic nitrogens is 7. The number of carbonyl (C=O) groups is 6. The zero-order valence-electron chi connectivity index (χ0n) is 82.8. The minimum absolute atomic E-state index is 0.0874. The van der Waals surface area contributed by atoms with Crippen LogP contribution in [0.5, 0.6) is 17.2 Å². The number of methoxy groups -OCH3 is 3. The molecule has 3 N–H and O–H groups in total. The van der Waals surface area contributed by atoms with Crippen molar-refractivity contribution in [1.29, 1.82) is 0 Å². The molecule has 0 saturated heterocycles. The summed E-state index contributed by atoms with van der Waals surface area (Å²) in [6.45, 7) is 23.3. The molecule has 0 saturated carbocycles. The van der Waals surface area contributed by atoms with E-state index >= 15 is 0 Å². The van der Waals surface area contributed by atoms with Crippen LogP contribution >= 0.6 is 11.6 Å². The van der Waals surface area contributed by atoms with Crippen molar-refractivity contribution in [3.8, 4) is 67.7 Å². The van der Waals surface area contributed by atoms with Crippen LogP contribution in [0.2, 0.25) is 5.02 Å². The summed E-state index contributed by atoms with van der Waals surface area (Å²) < 4.78 is 21.5. The minimum atomic E-state index is -0.379. The molecule has 3 atom stereocenters. The molecule has 4 aromatic heterocycles. The number of benzene rings is 9. The van der Waals surface area contributed by atoms with Crippen molar-refractivity contribution in [1.82, 2.24) is 63.7 Å². The van der Waals surface area contributed by atoms with Gasteiger partial charge in [0.25, 0.3) is 35.4 Å². The topological polar surface area (TPSA) is 277 Å². The van der Waals surface area contributed by atoms with E-state index in [-0.39, 0.29) is 73.4 Å². The zero-order valence-corrected chi connectivity index (χ0v) is 83.6. The standard InChI is InChI=1S/C39H43N5O3.C38H46N4O5.C37H43ClN4O4/c1-4-6-19-42(20-7-5-2)39(47)36-21-27(3)44(41-36)37-16-15-29(33-14-10-13-30-24-40-18-17-34(30)33)23-35(37)38(46)43-25-31-12-9-8-11-28(31)22-32(43)26-45;1-6-8-18-40(19-9-7-2)38(45)33-20-26(3)42(39-33)34-16-14-28(29-15-17-35(46-4)36(23-29)47-5)22-32(34)37(44)41-24-30-13-11-10-12-27(30)21-31(41)25-43;1-5-7-17-40(18-8-6-2)37(45)33-19-25(3)42(39-33)34-15-13-27(28-14-16-35(46-4)32(38)22-28)21-31(34)36(44)41-23-29-12-10-9-11-26(29)20-30(41)24-43/h8-18,21,23-24,32,45H,4-7,19-20,22,25-26H2,1-3H3;10-17,20,22-23,31,43H,6-9,18-19,21,24-25H2,1-5H3;9-16,19,21-22,30,43H,5-8,17-18,20,23-24H2,1-4H3/t32-;31-;30-/m000/s1. The quantitative estimate of drug-likeness (QED) is 0.0329. The molecule has 7 heterocycles. The fourth-order valence-electron chi connectivity index (χ4n) is 18.9. The highest BCUT2D eigenvalue weighted by molar-refractivity contribution is 6.32. The number of rotatable bonds is 36. The minimum Gasteiger partial charge on any atom is -0.495 e. The average molecular weight is 1910 g/mol. The first-order valence-corrected chi connectivity index (χ1v) is 49.8. The van der Waals surface area contributed by atoms with E-state index in [1.165, 1.54) is 0 Å². The molecule has 3 aliphatic rings. The molecule has 0 fully saturated rings. The molecule has 0 unspecified atom stereocenters. The van der Waals surface area contributed by atoms with Crippen LogP contribution < -0.4 is 14.2 Å². The monoisotopic (exact) mass is 1910 g/mol. The number of hydrogen-bond acceptors (Lipinski definition) is 16. The predicted molar refractivity (Wildman–Crippen MR) is 551 cm³/mol. The number of pyridine rings is 1. The molecular formula is C114H132ClN13O12. The third kappa shape index (κ3) is 23.3. The lowest BCUT2D eigenvalue weighted by Gasteiger charge is -2.36. The van der Waals surface area contributed by atoms with Gasteiger partial charge in [-0.15, -0.1) is 0 Å². The van der Waals surface area contributed by atoms with Gasteiger partial charge in [0.2, 0.25) is 0 Å². The Hall–Kier alpha value is -13.6. The van der Waals surface area contributed by atoms with Crippen molar-refractivity contribution in [3.63, 3.8) is 0 Å². The van der Waals surface area contributed by atoms with Crippen molar-refractivity contribution in [2.75, 3.05) is 80.4 Å². The van der Waals surface area contributed by atoms with E-state index in [1.54, 1.807) is 74.5 Å². The fraction of sp³-hybridized carbons (Fsp3) is 0.368. The maximum atomic E-state index is 14.7. The summed E-state index contributed by atoms with van der Waals surface area (Å²) in [4.78, 5) is 100. The van der Waals surface area contributed by atoms with Crippen molar-refractivity contribution >= 4 is 57.8 Å². The maximum absolute atomic E-state index is 14.7. The number of fused-ring (bicyclic) bond motifs is 4. The first kappa shape index (κ1) is 102. The Morgan fingerprint density at radius 1 is 0.364 bits per heavy atom. The Kier molecular flexibility index (Phi) is 35.3. The highest BCUT2D eigenvalue weighted by atomic mass is 35.5. The molecule has 16 rings (SSSR count). The third-order valence-corrected chi connectivity index (χ3v) is 27.2. The molecule has 6 amide bonds. The van der Waals surface area contributed by atoms with E-state index in [9.17, 15) is 44.1 Å². The second kappa shape index (κ2) is 48.3. The molecule has 732 valence electrons. The number of ether oxygens (including phenoxy) is 3. The van der Waals surface area contributed by atoms with Crippen LogP contribution in [0.15, 0.2) is 219 Å². The van der Waals surface area contributed by atoms with E-state index < -0.39 is 0 Å². The van der Waals surface area contributed by atoms with Gasteiger partial charge in [0, 0.05) is 93.8 Å². The third-order valence-electron chi connectivity index (χ3n) is 26.9. The molecule has 13 aromatic rings. The Morgan fingerprint density at radius 2 is 0.686 bits per heavy atom. The van der Waals surface area contributed by atoms with Crippen molar-refractivity contribution in [2.45, 2.75) is 196 Å². The molecule has 0 radical (unpaired) electrons. The fourth-order valence-corrected chi connectivity index (χ4v) is 19.1. The number of amides is 6. The van der Waals surface area contributed by atoms with Crippen LogP contribution in [0.4, 0.5) is 0 Å². The zero-order chi connectivity index (χ0) is 99.2. The van der Waals surface area contributed by atoms with Crippen molar-refractivity contribution in [3.05, 3.63) is 308 Å². The van der Waals surface area contributed by atoms with Gasteiger partial charge in [-0.05, 0) is 236 Å². The van der Waals surface area contributed by atoms with E-state index in [2.05, 4.69) is 70.8 Å². The van der Waals surface area contributed by atoms with Crippen LogP contribution in [-0.2, 0) is 38.9 Å². The summed E-state index contributed by atoms with van der Waals surface area (Å²) in [5.41, 5.74) is 18.1. The molecular weight excluding hydrogens is 1780 g/mol. The van der Waals surface area contributed by atoms with Gasteiger partial charge in [-0.1, -0.05) is 213 Å². The summed E-state index contributed by atoms with van der Waals surface area (Å²) in [6, 6.07) is 64.9. The summed E-state index contributed by atoms with van der Waals surface area (Å²) >= 11 is 6.48. The number of halogens is 1. The van der Waals surface area contributed by atoms with Crippen LogP contribution in [0, 0.1) is 20.8 Å². The SMILES string of the molecule is CCCCN(CCCC)C(=O)c1cc(C)n(-c2ccc(-c3ccc(OC)c(Cl)c3)cc2C(=O)N2Cc3ccccc3C[C@H]2CO)n1.CCCCN(CCCC)C(=O)c1cc(C)n(-c2ccc(-c3ccc(OC)c(OC)c3)cc2C(=O)N2Cc3ccccc3C[C@H]2CO)n1.CCCCN(CCCC)C(=O)c1cc(C)n(-c2ccc(-c3cccc4cnccc34)cc2C(=O)N2Cc3ccccc3C[C@H]2CO)n1. The Bertz CT molecular complexity index is 6510. The lowest BCUT2D eigenvalue weighted by Crippen LogP contribution is -2.46. The van der Waals surface area contributed by atoms with Crippen LogP contribution in [-0.4, -0.2) is 213 Å². The number of carbonyl (C=O) groups excluding carboxylic acids is 6. The van der Waals surface area contributed by atoms with Gasteiger partial charge in [-0.3, -0.25) is 33.8 Å². The van der Waals surface area contributed by atoms with E-state index in [1.807, 2.05) is 205 Å². The molecule has 25 nitrogen and oxygen atoms in total. The Morgan fingerprint density at radius 3 is 1.03 bits per heavy atom. The lowest BCUT2D eigenvalue weighted by atomic mass is 9.92.